The van der Waals surface area contributed by atoms with Gasteiger partial charge in [0.2, 0.25) is 0 Å². The van der Waals surface area contributed by atoms with Crippen molar-refractivity contribution in [2.45, 2.75) is 78.7 Å². The monoisotopic (exact) mass is 282 g/mol. The Morgan fingerprint density at radius 3 is 2.05 bits per heavy atom. The van der Waals surface area contributed by atoms with E-state index in [1.54, 1.807) is 0 Å². The first-order valence-corrected chi connectivity index (χ1v) is 8.74. The molecule has 0 spiro atoms. The van der Waals surface area contributed by atoms with Gasteiger partial charge < -0.3 is 10.2 Å². The van der Waals surface area contributed by atoms with E-state index in [0.717, 1.165) is 12.5 Å². The molecule has 0 aromatic rings. The van der Waals surface area contributed by atoms with Gasteiger partial charge >= 0.3 is 0 Å². The third-order valence-corrected chi connectivity index (χ3v) is 5.14. The van der Waals surface area contributed by atoms with E-state index in [-0.39, 0.29) is 5.54 Å². The molecule has 20 heavy (non-hydrogen) atoms. The molecule has 0 radical (unpaired) electrons. The molecule has 0 heterocycles. The molecule has 2 heteroatoms. The first kappa shape index (κ1) is 18.0. The second-order valence-corrected chi connectivity index (χ2v) is 8.16. The molecule has 2 nitrogen and oxygen atoms in total. The molecule has 0 aromatic heterocycles. The average Bonchev–Trinajstić information content (AvgIpc) is 2.86. The van der Waals surface area contributed by atoms with E-state index in [1.165, 1.54) is 51.6 Å². The molecule has 1 rings (SSSR count). The van der Waals surface area contributed by atoms with Gasteiger partial charge in [0.05, 0.1) is 0 Å². The lowest BCUT2D eigenvalue weighted by Gasteiger charge is -2.39. The van der Waals surface area contributed by atoms with E-state index < -0.39 is 0 Å². The molecule has 120 valence electrons. The molecule has 0 amide bonds. The average molecular weight is 283 g/mol. The molecule has 1 fully saturated rings. The van der Waals surface area contributed by atoms with Crippen molar-refractivity contribution in [2.75, 3.05) is 26.7 Å². The summed E-state index contributed by atoms with van der Waals surface area (Å²) in [5, 5.41) is 3.74. The maximum absolute atomic E-state index is 3.74. The highest BCUT2D eigenvalue weighted by molar-refractivity contribution is 4.86. The van der Waals surface area contributed by atoms with Crippen LogP contribution in [0.25, 0.3) is 0 Å². The minimum atomic E-state index is 0.222. The Hall–Kier alpha value is -0.0800. The zero-order valence-electron chi connectivity index (χ0n) is 14.9. The van der Waals surface area contributed by atoms with E-state index in [4.69, 9.17) is 0 Å². The zero-order chi connectivity index (χ0) is 15.2. The van der Waals surface area contributed by atoms with Gasteiger partial charge in [-0.1, -0.05) is 26.7 Å². The highest BCUT2D eigenvalue weighted by Crippen LogP contribution is 2.30. The van der Waals surface area contributed by atoms with Gasteiger partial charge in [0.25, 0.3) is 0 Å². The maximum atomic E-state index is 3.74. The number of hydrogen-bond donors (Lipinski definition) is 1. The third kappa shape index (κ3) is 6.13. The Morgan fingerprint density at radius 2 is 1.60 bits per heavy atom. The standard InChI is InChI=1S/C18H38N2/c1-7-18(8-2,14-19-17(3,4)5)15-20(6)13-16-11-9-10-12-16/h16,19H,7-15H2,1-6H3. The molecule has 1 aliphatic carbocycles. The smallest absolute Gasteiger partial charge is 0.00967 e. The first-order chi connectivity index (χ1) is 9.30. The van der Waals surface area contributed by atoms with Crippen molar-refractivity contribution in [2.24, 2.45) is 11.3 Å². The van der Waals surface area contributed by atoms with Crippen molar-refractivity contribution in [3.63, 3.8) is 0 Å². The van der Waals surface area contributed by atoms with E-state index in [1.807, 2.05) is 0 Å². The summed E-state index contributed by atoms with van der Waals surface area (Å²) in [6.45, 7) is 15.2. The minimum absolute atomic E-state index is 0.222. The van der Waals surface area contributed by atoms with Crippen molar-refractivity contribution >= 4 is 0 Å². The fourth-order valence-corrected chi connectivity index (χ4v) is 3.50. The van der Waals surface area contributed by atoms with Crippen molar-refractivity contribution in [3.05, 3.63) is 0 Å². The van der Waals surface area contributed by atoms with E-state index in [2.05, 4.69) is 51.9 Å². The summed E-state index contributed by atoms with van der Waals surface area (Å²) in [6, 6.07) is 0. The summed E-state index contributed by atoms with van der Waals surface area (Å²) in [6.07, 6.45) is 8.35. The van der Waals surface area contributed by atoms with Crippen LogP contribution in [-0.4, -0.2) is 37.1 Å². The second kappa shape index (κ2) is 7.79. The van der Waals surface area contributed by atoms with Crippen LogP contribution < -0.4 is 5.32 Å². The van der Waals surface area contributed by atoms with Gasteiger partial charge in [0, 0.05) is 25.2 Å². The molecule has 0 atom stereocenters. The van der Waals surface area contributed by atoms with Gasteiger partial charge in [-0.2, -0.15) is 0 Å². The van der Waals surface area contributed by atoms with Crippen molar-refractivity contribution in [1.82, 2.24) is 10.2 Å². The van der Waals surface area contributed by atoms with E-state index in [0.29, 0.717) is 5.41 Å². The quantitative estimate of drug-likeness (QED) is 0.714. The van der Waals surface area contributed by atoms with Crippen molar-refractivity contribution < 1.29 is 0 Å². The second-order valence-electron chi connectivity index (χ2n) is 8.16. The van der Waals surface area contributed by atoms with Gasteiger partial charge in [-0.3, -0.25) is 0 Å². The Bertz CT molecular complexity index is 257. The van der Waals surface area contributed by atoms with Crippen LogP contribution >= 0.6 is 0 Å². The summed E-state index contributed by atoms with van der Waals surface area (Å²) in [5.41, 5.74) is 0.653. The van der Waals surface area contributed by atoms with Crippen molar-refractivity contribution in [1.29, 1.82) is 0 Å². The van der Waals surface area contributed by atoms with Crippen LogP contribution in [0.3, 0.4) is 0 Å². The van der Waals surface area contributed by atoms with Gasteiger partial charge in [0.15, 0.2) is 0 Å². The zero-order valence-corrected chi connectivity index (χ0v) is 14.9. The minimum Gasteiger partial charge on any atom is -0.311 e. The Labute approximate surface area is 127 Å². The Kier molecular flexibility index (Phi) is 7.00. The SMILES string of the molecule is CCC(CC)(CNC(C)(C)C)CN(C)CC1CCCC1. The molecule has 0 unspecified atom stereocenters. The fraction of sp³-hybridized carbons (Fsp3) is 1.00. The lowest BCUT2D eigenvalue weighted by atomic mass is 9.81. The summed E-state index contributed by atoms with van der Waals surface area (Å²) >= 11 is 0. The molecule has 1 saturated carbocycles. The number of hydrogen-bond acceptors (Lipinski definition) is 2. The van der Waals surface area contributed by atoms with Crippen LogP contribution in [-0.2, 0) is 0 Å². The van der Waals surface area contributed by atoms with Crippen LogP contribution in [0, 0.1) is 11.3 Å². The molecule has 0 bridgehead atoms. The van der Waals surface area contributed by atoms with Gasteiger partial charge in [-0.15, -0.1) is 0 Å². The largest absolute Gasteiger partial charge is 0.311 e. The van der Waals surface area contributed by atoms with Crippen LogP contribution in [0.2, 0.25) is 0 Å². The Balaban J connectivity index is 2.50. The van der Waals surface area contributed by atoms with Gasteiger partial charge in [-0.25, -0.2) is 0 Å². The number of rotatable bonds is 8. The molecular formula is C18H38N2. The number of nitrogens with zero attached hydrogens (tertiary/aromatic N) is 1. The molecular weight excluding hydrogens is 244 g/mol. The maximum Gasteiger partial charge on any atom is 0.00967 e. The van der Waals surface area contributed by atoms with Crippen molar-refractivity contribution in [3.8, 4) is 0 Å². The van der Waals surface area contributed by atoms with Gasteiger partial charge in [-0.05, 0) is 64.8 Å². The molecule has 0 saturated heterocycles. The summed E-state index contributed by atoms with van der Waals surface area (Å²) in [4.78, 5) is 2.60. The highest BCUT2D eigenvalue weighted by Gasteiger charge is 2.30. The third-order valence-electron chi connectivity index (χ3n) is 5.14. The molecule has 1 aliphatic rings. The lowest BCUT2D eigenvalue weighted by Crippen LogP contribution is -2.48. The lowest BCUT2D eigenvalue weighted by molar-refractivity contribution is 0.133. The first-order valence-electron chi connectivity index (χ1n) is 8.74. The summed E-state index contributed by atoms with van der Waals surface area (Å²) in [7, 11) is 2.33. The van der Waals surface area contributed by atoms with Gasteiger partial charge in [0.1, 0.15) is 0 Å². The summed E-state index contributed by atoms with van der Waals surface area (Å²) in [5.74, 6) is 0.960. The molecule has 1 N–H and O–H groups in total. The topological polar surface area (TPSA) is 15.3 Å². The molecule has 0 aromatic carbocycles. The van der Waals surface area contributed by atoms with E-state index >= 15 is 0 Å². The predicted octanol–water partition coefficient (Wildman–Crippen LogP) is 4.30. The van der Waals surface area contributed by atoms with Crippen LogP contribution in [0.15, 0.2) is 0 Å². The van der Waals surface area contributed by atoms with Crippen LogP contribution in [0.1, 0.15) is 73.1 Å². The highest BCUT2D eigenvalue weighted by atomic mass is 15.1. The molecule has 0 aliphatic heterocycles. The number of nitrogens with one attached hydrogen (secondary N) is 1. The fourth-order valence-electron chi connectivity index (χ4n) is 3.50. The predicted molar refractivity (Wildman–Crippen MR) is 90.2 cm³/mol. The van der Waals surface area contributed by atoms with E-state index in [9.17, 15) is 0 Å². The normalized spacial score (nSPS) is 18.1. The van der Waals surface area contributed by atoms with Crippen LogP contribution in [0.5, 0.6) is 0 Å². The summed E-state index contributed by atoms with van der Waals surface area (Å²) < 4.78 is 0. The van der Waals surface area contributed by atoms with Crippen LogP contribution in [0.4, 0.5) is 0 Å². The Morgan fingerprint density at radius 1 is 1.05 bits per heavy atom.